The summed E-state index contributed by atoms with van der Waals surface area (Å²) in [6.45, 7) is 16.5. The number of rotatable bonds is 14. The molecule has 0 aliphatic rings. The van der Waals surface area contributed by atoms with Gasteiger partial charge in [0.25, 0.3) is 5.56 Å². The zero-order chi connectivity index (χ0) is 35.9. The first-order valence-corrected chi connectivity index (χ1v) is 25.4. The molecule has 0 saturated heterocycles. The van der Waals surface area contributed by atoms with Gasteiger partial charge in [0, 0.05) is 41.8 Å². The molecule has 11 nitrogen and oxygen atoms in total. The monoisotopic (exact) mass is 874 g/mol. The molecule has 5 aromatic rings. The van der Waals surface area contributed by atoms with Gasteiger partial charge in [-0.25, -0.2) is 4.98 Å². The molecule has 0 aliphatic carbocycles. The highest BCUT2D eigenvalue weighted by atomic mass is 79.9. The number of hydrogen-bond donors (Lipinski definition) is 1. The summed E-state index contributed by atoms with van der Waals surface area (Å²) in [5, 5.41) is 1.48. The van der Waals surface area contributed by atoms with Crippen LogP contribution in [-0.4, -0.2) is 65.5 Å². The van der Waals surface area contributed by atoms with Gasteiger partial charge in [-0.3, -0.25) is 9.78 Å². The number of methoxy groups -OCH3 is 1. The number of aromatic amines is 1. The summed E-state index contributed by atoms with van der Waals surface area (Å²) in [4.78, 5) is 27.1. The number of halogens is 4. The summed E-state index contributed by atoms with van der Waals surface area (Å²) in [5.74, 6) is 1.23. The maximum atomic E-state index is 11.8. The molecule has 0 atom stereocenters. The van der Waals surface area contributed by atoms with Crippen LogP contribution in [-0.2, 0) is 29.5 Å². The summed E-state index contributed by atoms with van der Waals surface area (Å²) in [5.41, 5.74) is 1.94. The lowest BCUT2D eigenvalue weighted by molar-refractivity contribution is 0.0897. The van der Waals surface area contributed by atoms with Gasteiger partial charge in [0.05, 0.1) is 26.8 Å². The van der Waals surface area contributed by atoms with E-state index in [-0.39, 0.29) is 16.1 Å². The van der Waals surface area contributed by atoms with Gasteiger partial charge in [-0.1, -0.05) is 51.4 Å². The van der Waals surface area contributed by atoms with Crippen LogP contribution in [0.3, 0.4) is 0 Å². The number of fused-ring (bicyclic) bond motifs is 2. The van der Waals surface area contributed by atoms with Gasteiger partial charge in [-0.15, -0.1) is 0 Å². The number of ether oxygens (including phenoxy) is 4. The third-order valence-electron chi connectivity index (χ3n) is 7.25. The van der Waals surface area contributed by atoms with Crippen molar-refractivity contribution in [1.82, 2.24) is 29.1 Å². The van der Waals surface area contributed by atoms with E-state index in [0.29, 0.717) is 53.7 Å². The second-order valence-electron chi connectivity index (χ2n) is 13.8. The molecule has 5 rings (SSSR count). The van der Waals surface area contributed by atoms with E-state index in [4.69, 9.17) is 42.1 Å². The Balaban J connectivity index is 0.000000237. The lowest BCUT2D eigenvalue weighted by atomic mass is 10.2. The van der Waals surface area contributed by atoms with Crippen molar-refractivity contribution in [3.05, 3.63) is 72.1 Å². The van der Waals surface area contributed by atoms with E-state index < -0.39 is 16.1 Å². The predicted octanol–water partition coefficient (Wildman–Crippen LogP) is 9.20. The van der Waals surface area contributed by atoms with Crippen LogP contribution in [0.5, 0.6) is 11.6 Å². The van der Waals surface area contributed by atoms with Gasteiger partial charge in [-0.2, -0.15) is 9.97 Å². The van der Waals surface area contributed by atoms with Crippen molar-refractivity contribution >= 4 is 93.3 Å². The molecule has 4 aromatic heterocycles. The van der Waals surface area contributed by atoms with Gasteiger partial charge in [0.15, 0.2) is 11.3 Å². The number of aromatic nitrogens is 6. The zero-order valence-corrected chi connectivity index (χ0v) is 35.4. The van der Waals surface area contributed by atoms with Gasteiger partial charge in [-0.05, 0) is 84.8 Å². The quantitative estimate of drug-likeness (QED) is 0.0667. The highest BCUT2D eigenvalue weighted by Gasteiger charge is 2.18. The molecule has 0 aliphatic heterocycles. The first-order valence-electron chi connectivity index (χ1n) is 15.6. The van der Waals surface area contributed by atoms with E-state index in [2.05, 4.69) is 91.1 Å². The second-order valence-corrected chi connectivity index (χ2v) is 27.4. The molecule has 0 bridgehead atoms. The first-order chi connectivity index (χ1) is 23.0. The minimum absolute atomic E-state index is 0.0800. The van der Waals surface area contributed by atoms with Gasteiger partial charge in [0.2, 0.25) is 16.4 Å². The Morgan fingerprint density at radius 3 is 1.86 bits per heavy atom. The highest BCUT2D eigenvalue weighted by Crippen LogP contribution is 2.33. The molecule has 0 spiro atoms. The predicted molar refractivity (Wildman–Crippen MR) is 209 cm³/mol. The minimum Gasteiger partial charge on any atom is -0.497 e. The fourth-order valence-corrected chi connectivity index (χ4v) is 7.50. The fraction of sp³-hybridized carbons (Fsp3) is 0.438. The molecule has 49 heavy (non-hydrogen) atoms. The first kappa shape index (κ1) is 39.5. The molecule has 0 amide bonds. The molecule has 1 N–H and O–H groups in total. The lowest BCUT2D eigenvalue weighted by Crippen LogP contribution is -2.22. The van der Waals surface area contributed by atoms with Crippen molar-refractivity contribution in [3.8, 4) is 11.6 Å². The van der Waals surface area contributed by atoms with Crippen molar-refractivity contribution in [3.63, 3.8) is 0 Å². The Bertz CT molecular complexity index is 1920. The average molecular weight is 878 g/mol. The van der Waals surface area contributed by atoms with Crippen LogP contribution < -0.4 is 15.0 Å². The normalized spacial score (nSPS) is 12.0. The van der Waals surface area contributed by atoms with Crippen LogP contribution in [0.25, 0.3) is 22.1 Å². The molecule has 4 heterocycles. The Kier molecular flexibility index (Phi) is 14.0. The smallest absolute Gasteiger partial charge is 0.262 e. The van der Waals surface area contributed by atoms with E-state index in [9.17, 15) is 4.79 Å². The second kappa shape index (κ2) is 17.3. The summed E-state index contributed by atoms with van der Waals surface area (Å²) >= 11 is 18.9. The number of H-pyrrole nitrogens is 1. The highest BCUT2D eigenvalue weighted by molar-refractivity contribution is 9.11. The molecular weight excluding hydrogens is 835 g/mol. The van der Waals surface area contributed by atoms with Crippen LogP contribution >= 0.6 is 55.1 Å². The van der Waals surface area contributed by atoms with E-state index >= 15 is 0 Å². The van der Waals surface area contributed by atoms with Gasteiger partial charge < -0.3 is 28.1 Å². The van der Waals surface area contributed by atoms with Crippen LogP contribution in [0.15, 0.2) is 50.4 Å². The molecule has 0 fully saturated rings. The Morgan fingerprint density at radius 1 is 0.796 bits per heavy atom. The molecule has 0 unspecified atom stereocenters. The summed E-state index contributed by atoms with van der Waals surface area (Å²) in [6.07, 6.45) is 3.71. The number of nitrogens with zero attached hydrogens (tertiary/aromatic N) is 5. The third-order valence-corrected chi connectivity index (χ3v) is 12.2. The van der Waals surface area contributed by atoms with Crippen molar-refractivity contribution < 1.29 is 18.9 Å². The van der Waals surface area contributed by atoms with E-state index in [1.807, 2.05) is 35.0 Å². The van der Waals surface area contributed by atoms with Gasteiger partial charge >= 0.3 is 0 Å². The fourth-order valence-electron chi connectivity index (χ4n) is 4.46. The van der Waals surface area contributed by atoms with Crippen LogP contribution in [0.4, 0.5) is 0 Å². The molecular formula is C32H42Br2Cl2N6O5Si2. The zero-order valence-electron chi connectivity index (χ0n) is 28.7. The number of nitrogens with one attached hydrogen (secondary N) is 1. The Labute approximate surface area is 314 Å². The average Bonchev–Trinajstić information content (AvgIpc) is 3.50. The lowest BCUT2D eigenvalue weighted by Gasteiger charge is -2.15. The number of hydrogen-bond acceptors (Lipinski definition) is 8. The molecule has 17 heteroatoms. The molecule has 0 radical (unpaired) electrons. The number of benzene rings is 1. The van der Waals surface area contributed by atoms with Crippen LogP contribution in [0, 0.1) is 0 Å². The minimum atomic E-state index is -1.13. The van der Waals surface area contributed by atoms with Gasteiger partial charge in [0.1, 0.15) is 25.8 Å². The summed E-state index contributed by atoms with van der Waals surface area (Å²) in [7, 11) is -0.585. The summed E-state index contributed by atoms with van der Waals surface area (Å²) < 4.78 is 27.9. The standard InChI is InChI=1S/C20H25BrClN3O3Si.C12H17BrClN3O2Si/c1-26-15-7-5-14(6-8-15)12-28-19-17-16(21)11-25(18(17)23-20(22)24-19)13-27-9-10-29(2,3)4;1-20(2,3)5-4-19-7-17-6-8(13)9-10(17)15-12(14)16-11(9)18/h5-8,11H,9-10,12-13H2,1-4H3;6H,4-5,7H2,1-3H3,(H,15,16,18). The van der Waals surface area contributed by atoms with Crippen LogP contribution in [0.1, 0.15) is 5.56 Å². The summed E-state index contributed by atoms with van der Waals surface area (Å²) in [6, 6.07) is 9.90. The van der Waals surface area contributed by atoms with Crippen LogP contribution in [0.2, 0.25) is 61.9 Å². The molecule has 1 aromatic carbocycles. The maximum absolute atomic E-state index is 11.8. The van der Waals surface area contributed by atoms with E-state index in [1.165, 1.54) is 0 Å². The Morgan fingerprint density at radius 2 is 1.33 bits per heavy atom. The SMILES string of the molecule is COc1ccc(COc2nc(Cl)nc3c2c(Br)cn3COCC[Si](C)(C)C)cc1.C[Si](C)(C)CCOCn1cc(Br)c2c(=O)[nH]c(Cl)nc21. The van der Waals surface area contributed by atoms with Crippen molar-refractivity contribution in [1.29, 1.82) is 0 Å². The third kappa shape index (κ3) is 11.6. The Hall–Kier alpha value is -2.25. The van der Waals surface area contributed by atoms with E-state index in [0.717, 1.165) is 39.9 Å². The van der Waals surface area contributed by atoms with E-state index in [1.54, 1.807) is 17.9 Å². The van der Waals surface area contributed by atoms with Crippen molar-refractivity contribution in [2.24, 2.45) is 0 Å². The largest absolute Gasteiger partial charge is 0.497 e. The topological polar surface area (TPSA) is 118 Å². The molecule has 0 saturated carbocycles. The van der Waals surface area contributed by atoms with Crippen molar-refractivity contribution in [2.45, 2.75) is 71.4 Å². The maximum Gasteiger partial charge on any atom is 0.262 e. The van der Waals surface area contributed by atoms with Crippen molar-refractivity contribution in [2.75, 3.05) is 20.3 Å². The molecule has 266 valence electrons.